The Morgan fingerprint density at radius 2 is 2.00 bits per heavy atom. The van der Waals surface area contributed by atoms with Crippen LogP contribution in [-0.2, 0) is 4.79 Å². The van der Waals surface area contributed by atoms with Crippen molar-refractivity contribution in [3.63, 3.8) is 0 Å². The second kappa shape index (κ2) is 5.93. The molecule has 0 spiro atoms. The third-order valence-electron chi connectivity index (χ3n) is 1.23. The van der Waals surface area contributed by atoms with Crippen LogP contribution in [0, 0.1) is 0 Å². The Hall–Kier alpha value is -0.650. The molecule has 4 N–H and O–H groups in total. The molecule has 0 amide bonds. The summed E-state index contributed by atoms with van der Waals surface area (Å²) in [5.41, 5.74) is 0. The Labute approximate surface area is 71.0 Å². The second-order valence-corrected chi connectivity index (χ2v) is 2.76. The molecule has 0 aliphatic carbocycles. The predicted octanol–water partition coefficient (Wildman–Crippen LogP) is -1.21. The maximum atomic E-state index is 10.1. The van der Waals surface area contributed by atoms with Gasteiger partial charge in [-0.1, -0.05) is 0 Å². The number of aliphatic hydroxyl groups excluding tert-OH is 2. The average Bonchev–Trinajstić information content (AvgIpc) is 1.84. The highest BCUT2D eigenvalue weighted by Crippen LogP contribution is 1.89. The zero-order chi connectivity index (χ0) is 9.56. The molecule has 0 heterocycles. The smallest absolute Gasteiger partial charge is 0.306 e. The molecule has 72 valence electrons. The summed E-state index contributed by atoms with van der Waals surface area (Å²) >= 11 is 0. The number of aliphatic carboxylic acids is 1. The maximum Gasteiger partial charge on any atom is 0.306 e. The van der Waals surface area contributed by atoms with E-state index in [1.165, 1.54) is 0 Å². The van der Waals surface area contributed by atoms with Crippen molar-refractivity contribution < 1.29 is 20.1 Å². The Morgan fingerprint density at radius 3 is 2.42 bits per heavy atom. The molecule has 0 bridgehead atoms. The molecule has 12 heavy (non-hydrogen) atoms. The Bertz CT molecular complexity index is 137. The lowest BCUT2D eigenvalue weighted by Gasteiger charge is -2.10. The minimum Gasteiger partial charge on any atom is -0.481 e. The molecule has 2 atom stereocenters. The molecule has 0 aromatic carbocycles. The largest absolute Gasteiger partial charge is 0.481 e. The van der Waals surface area contributed by atoms with Crippen LogP contribution in [0.2, 0.25) is 0 Å². The van der Waals surface area contributed by atoms with Crippen molar-refractivity contribution in [2.24, 2.45) is 0 Å². The first-order valence-electron chi connectivity index (χ1n) is 3.81. The van der Waals surface area contributed by atoms with Gasteiger partial charge >= 0.3 is 5.97 Å². The molecule has 2 unspecified atom stereocenters. The first kappa shape index (κ1) is 11.4. The van der Waals surface area contributed by atoms with Crippen LogP contribution in [0.25, 0.3) is 0 Å². The van der Waals surface area contributed by atoms with Gasteiger partial charge in [-0.05, 0) is 6.92 Å². The second-order valence-electron chi connectivity index (χ2n) is 2.76. The summed E-state index contributed by atoms with van der Waals surface area (Å²) < 4.78 is 0. The SMILES string of the molecule is CC(O)CNCC(O)CC(=O)O. The lowest BCUT2D eigenvalue weighted by atomic mass is 10.2. The van der Waals surface area contributed by atoms with Gasteiger partial charge in [0.2, 0.25) is 0 Å². The maximum absolute atomic E-state index is 10.1. The van der Waals surface area contributed by atoms with Gasteiger partial charge in [0.1, 0.15) is 0 Å². The molecule has 0 saturated carbocycles. The van der Waals surface area contributed by atoms with Crippen molar-refractivity contribution in [1.29, 1.82) is 0 Å². The van der Waals surface area contributed by atoms with Crippen molar-refractivity contribution >= 4 is 5.97 Å². The van der Waals surface area contributed by atoms with E-state index in [1.807, 2.05) is 0 Å². The fourth-order valence-corrected chi connectivity index (χ4v) is 0.733. The van der Waals surface area contributed by atoms with Crippen LogP contribution in [0.5, 0.6) is 0 Å². The predicted molar refractivity (Wildman–Crippen MR) is 42.8 cm³/mol. The third kappa shape index (κ3) is 7.46. The van der Waals surface area contributed by atoms with E-state index in [2.05, 4.69) is 5.32 Å². The molecule has 0 radical (unpaired) electrons. The minimum atomic E-state index is -1.03. The minimum absolute atomic E-state index is 0.192. The quantitative estimate of drug-likeness (QED) is 0.409. The van der Waals surface area contributed by atoms with Gasteiger partial charge in [-0.3, -0.25) is 4.79 Å². The number of aliphatic hydroxyl groups is 2. The van der Waals surface area contributed by atoms with Gasteiger partial charge in [-0.2, -0.15) is 0 Å². The van der Waals surface area contributed by atoms with Crippen molar-refractivity contribution in [3.8, 4) is 0 Å². The zero-order valence-corrected chi connectivity index (χ0v) is 7.03. The normalized spacial score (nSPS) is 15.6. The summed E-state index contributed by atoms with van der Waals surface area (Å²) in [5, 5.41) is 28.8. The molecule has 0 saturated heterocycles. The van der Waals surface area contributed by atoms with Crippen LogP contribution in [-0.4, -0.2) is 46.6 Å². The molecule has 0 fully saturated rings. The van der Waals surface area contributed by atoms with E-state index >= 15 is 0 Å². The molecular formula is C7H15NO4. The molecule has 0 aromatic rings. The third-order valence-corrected chi connectivity index (χ3v) is 1.23. The van der Waals surface area contributed by atoms with Gasteiger partial charge < -0.3 is 20.6 Å². The first-order valence-corrected chi connectivity index (χ1v) is 3.81. The van der Waals surface area contributed by atoms with Crippen LogP contribution < -0.4 is 5.32 Å². The summed E-state index contributed by atoms with van der Waals surface area (Å²) in [4.78, 5) is 10.1. The topological polar surface area (TPSA) is 89.8 Å². The highest BCUT2D eigenvalue weighted by atomic mass is 16.4. The van der Waals surface area contributed by atoms with Crippen LogP contribution in [0.1, 0.15) is 13.3 Å². The van der Waals surface area contributed by atoms with Crippen LogP contribution in [0.4, 0.5) is 0 Å². The van der Waals surface area contributed by atoms with Gasteiger partial charge in [-0.25, -0.2) is 0 Å². The highest BCUT2D eigenvalue weighted by Gasteiger charge is 2.08. The number of rotatable bonds is 6. The van der Waals surface area contributed by atoms with E-state index < -0.39 is 18.2 Å². The highest BCUT2D eigenvalue weighted by molar-refractivity contribution is 5.67. The van der Waals surface area contributed by atoms with Crippen LogP contribution >= 0.6 is 0 Å². The Kier molecular flexibility index (Phi) is 5.61. The van der Waals surface area contributed by atoms with Crippen LogP contribution in [0.15, 0.2) is 0 Å². The molecule has 0 aliphatic rings. The fourth-order valence-electron chi connectivity index (χ4n) is 0.733. The summed E-state index contributed by atoms with van der Waals surface area (Å²) in [6, 6.07) is 0. The van der Waals surface area contributed by atoms with Crippen molar-refractivity contribution in [2.45, 2.75) is 25.6 Å². The van der Waals surface area contributed by atoms with E-state index in [4.69, 9.17) is 15.3 Å². The van der Waals surface area contributed by atoms with E-state index in [0.29, 0.717) is 6.54 Å². The standard InChI is InChI=1S/C7H15NO4/c1-5(9)3-8-4-6(10)2-7(11)12/h5-6,8-10H,2-4H2,1H3,(H,11,12). The monoisotopic (exact) mass is 177 g/mol. The number of carboxylic acid groups (broad SMARTS) is 1. The lowest BCUT2D eigenvalue weighted by molar-refractivity contribution is -0.139. The molecule has 0 aromatic heterocycles. The number of carbonyl (C=O) groups is 1. The van der Waals surface area contributed by atoms with E-state index in [0.717, 1.165) is 0 Å². The summed E-state index contributed by atoms with van der Waals surface area (Å²) in [6.45, 7) is 2.16. The van der Waals surface area contributed by atoms with E-state index in [1.54, 1.807) is 6.92 Å². The molecule has 0 rings (SSSR count). The lowest BCUT2D eigenvalue weighted by Crippen LogP contribution is -2.33. The zero-order valence-electron chi connectivity index (χ0n) is 7.03. The Morgan fingerprint density at radius 1 is 1.42 bits per heavy atom. The van der Waals surface area contributed by atoms with Gasteiger partial charge in [-0.15, -0.1) is 0 Å². The van der Waals surface area contributed by atoms with Crippen LogP contribution in [0.3, 0.4) is 0 Å². The summed E-state index contributed by atoms with van der Waals surface area (Å²) in [7, 11) is 0. The molecule has 5 nitrogen and oxygen atoms in total. The average molecular weight is 177 g/mol. The molecule has 0 aliphatic heterocycles. The van der Waals surface area contributed by atoms with Crippen molar-refractivity contribution in [3.05, 3.63) is 0 Å². The molecule has 5 heteroatoms. The van der Waals surface area contributed by atoms with E-state index in [-0.39, 0.29) is 13.0 Å². The van der Waals surface area contributed by atoms with Crippen molar-refractivity contribution in [2.75, 3.05) is 13.1 Å². The number of carboxylic acids is 1. The fraction of sp³-hybridized carbons (Fsp3) is 0.857. The van der Waals surface area contributed by atoms with Gasteiger partial charge in [0.05, 0.1) is 18.6 Å². The Balaban J connectivity index is 3.31. The van der Waals surface area contributed by atoms with Gasteiger partial charge in [0.15, 0.2) is 0 Å². The summed E-state index contributed by atoms with van der Waals surface area (Å²) in [6.07, 6.45) is -1.64. The number of nitrogens with one attached hydrogen (secondary N) is 1. The number of hydrogen-bond acceptors (Lipinski definition) is 4. The van der Waals surface area contributed by atoms with E-state index in [9.17, 15) is 4.79 Å². The van der Waals surface area contributed by atoms with Gasteiger partial charge in [0, 0.05) is 13.1 Å². The van der Waals surface area contributed by atoms with Crippen molar-refractivity contribution in [1.82, 2.24) is 5.32 Å². The molecular weight excluding hydrogens is 162 g/mol. The van der Waals surface area contributed by atoms with Gasteiger partial charge in [0.25, 0.3) is 0 Å². The number of hydrogen-bond donors (Lipinski definition) is 4. The first-order chi connectivity index (χ1) is 5.52. The summed E-state index contributed by atoms with van der Waals surface area (Å²) in [5.74, 6) is -1.03.